The van der Waals surface area contributed by atoms with Gasteiger partial charge in [0, 0.05) is 24.6 Å². The molecule has 4 heteroatoms. The molecule has 0 radical (unpaired) electrons. The first kappa shape index (κ1) is 14.9. The first-order valence-corrected chi connectivity index (χ1v) is 7.89. The maximum Gasteiger partial charge on any atom is 0.0955 e. The standard InChI is InChI=1S/C15H25NO2S/c1-11-10-19-13(16-11)9-12(17)15(18-4)7-5-14(2,3)6-8-15/h10,12,17H,5-9H2,1-4H3. The van der Waals surface area contributed by atoms with E-state index in [1.54, 1.807) is 18.4 Å². The molecule has 1 atom stereocenters. The lowest BCUT2D eigenvalue weighted by Crippen LogP contribution is -2.49. The number of hydrogen-bond donors (Lipinski definition) is 1. The number of aryl methyl sites for hydroxylation is 1. The van der Waals surface area contributed by atoms with Gasteiger partial charge in [0.2, 0.25) is 0 Å². The number of aliphatic hydroxyl groups is 1. The molecule has 19 heavy (non-hydrogen) atoms. The Kier molecular flexibility index (Phi) is 4.33. The van der Waals surface area contributed by atoms with Gasteiger partial charge in [0.25, 0.3) is 0 Å². The molecule has 3 nitrogen and oxygen atoms in total. The van der Waals surface area contributed by atoms with Gasteiger partial charge in [-0.05, 0) is 38.0 Å². The zero-order chi connectivity index (χ0) is 14.1. The monoisotopic (exact) mass is 283 g/mol. The molecule has 1 aromatic rings. The maximum absolute atomic E-state index is 10.6. The molecular weight excluding hydrogens is 258 g/mol. The molecule has 1 N–H and O–H groups in total. The Morgan fingerprint density at radius 3 is 2.47 bits per heavy atom. The van der Waals surface area contributed by atoms with E-state index in [4.69, 9.17) is 4.74 Å². The van der Waals surface area contributed by atoms with Crippen molar-refractivity contribution in [1.82, 2.24) is 4.98 Å². The number of methoxy groups -OCH3 is 1. The number of hydrogen-bond acceptors (Lipinski definition) is 4. The second kappa shape index (κ2) is 5.51. The lowest BCUT2D eigenvalue weighted by atomic mass is 9.68. The molecule has 108 valence electrons. The van der Waals surface area contributed by atoms with Crippen LogP contribution in [0.4, 0.5) is 0 Å². The Labute approximate surface area is 120 Å². The van der Waals surface area contributed by atoms with Crippen molar-refractivity contribution in [2.45, 2.75) is 64.6 Å². The summed E-state index contributed by atoms with van der Waals surface area (Å²) in [5.41, 5.74) is 1.03. The van der Waals surface area contributed by atoms with E-state index >= 15 is 0 Å². The fourth-order valence-electron chi connectivity index (χ4n) is 2.87. The van der Waals surface area contributed by atoms with E-state index in [0.29, 0.717) is 11.8 Å². The molecule has 1 aliphatic rings. The molecule has 0 amide bonds. The summed E-state index contributed by atoms with van der Waals surface area (Å²) in [6.45, 7) is 6.58. The smallest absolute Gasteiger partial charge is 0.0955 e. The molecule has 1 unspecified atom stereocenters. The van der Waals surface area contributed by atoms with Gasteiger partial charge in [-0.1, -0.05) is 13.8 Å². The van der Waals surface area contributed by atoms with Crippen molar-refractivity contribution in [2.24, 2.45) is 5.41 Å². The molecule has 1 heterocycles. The number of rotatable bonds is 4. The van der Waals surface area contributed by atoms with E-state index in [2.05, 4.69) is 18.8 Å². The third-order valence-electron chi connectivity index (χ3n) is 4.50. The normalized spacial score (nSPS) is 23.2. The Balaban J connectivity index is 2.05. The summed E-state index contributed by atoms with van der Waals surface area (Å²) in [5, 5.41) is 13.6. The van der Waals surface area contributed by atoms with Gasteiger partial charge in [-0.25, -0.2) is 4.98 Å². The van der Waals surface area contributed by atoms with Crippen LogP contribution in [0.25, 0.3) is 0 Å². The van der Waals surface area contributed by atoms with E-state index in [1.165, 1.54) is 0 Å². The SMILES string of the molecule is COC1(C(O)Cc2nc(C)cs2)CCC(C)(C)CC1. The van der Waals surface area contributed by atoms with E-state index < -0.39 is 6.10 Å². The fraction of sp³-hybridized carbons (Fsp3) is 0.800. The Morgan fingerprint density at radius 1 is 1.37 bits per heavy atom. The van der Waals surface area contributed by atoms with Crippen LogP contribution in [0.5, 0.6) is 0 Å². The van der Waals surface area contributed by atoms with Crippen molar-refractivity contribution >= 4 is 11.3 Å². The van der Waals surface area contributed by atoms with Crippen LogP contribution in [0.15, 0.2) is 5.38 Å². The number of ether oxygens (including phenoxy) is 1. The van der Waals surface area contributed by atoms with Crippen LogP contribution in [-0.4, -0.2) is 28.9 Å². The van der Waals surface area contributed by atoms with Crippen LogP contribution in [0.1, 0.15) is 50.2 Å². The molecule has 1 saturated carbocycles. The Morgan fingerprint density at radius 2 is 2.00 bits per heavy atom. The highest BCUT2D eigenvalue weighted by Crippen LogP contribution is 2.43. The summed E-state index contributed by atoms with van der Waals surface area (Å²) in [4.78, 5) is 4.44. The van der Waals surface area contributed by atoms with Gasteiger partial charge in [0.15, 0.2) is 0 Å². The first-order valence-electron chi connectivity index (χ1n) is 7.01. The number of aliphatic hydroxyl groups excluding tert-OH is 1. The number of nitrogens with zero attached hydrogens (tertiary/aromatic N) is 1. The van der Waals surface area contributed by atoms with Crippen LogP contribution in [0.3, 0.4) is 0 Å². The molecule has 0 aromatic carbocycles. The summed E-state index contributed by atoms with van der Waals surface area (Å²) >= 11 is 1.62. The Bertz CT molecular complexity index is 418. The van der Waals surface area contributed by atoms with Crippen LogP contribution < -0.4 is 0 Å². The van der Waals surface area contributed by atoms with Crippen molar-refractivity contribution in [3.8, 4) is 0 Å². The quantitative estimate of drug-likeness (QED) is 0.921. The van der Waals surface area contributed by atoms with E-state index in [9.17, 15) is 5.11 Å². The van der Waals surface area contributed by atoms with Gasteiger partial charge in [-0.15, -0.1) is 11.3 Å². The zero-order valence-electron chi connectivity index (χ0n) is 12.4. The molecular formula is C15H25NO2S. The average molecular weight is 283 g/mol. The minimum atomic E-state index is -0.459. The topological polar surface area (TPSA) is 42.4 Å². The van der Waals surface area contributed by atoms with Crippen molar-refractivity contribution in [2.75, 3.05) is 7.11 Å². The molecule has 0 saturated heterocycles. The Hall–Kier alpha value is -0.450. The fourth-order valence-corrected chi connectivity index (χ4v) is 3.68. The van der Waals surface area contributed by atoms with Crippen molar-refractivity contribution in [3.05, 3.63) is 16.1 Å². The summed E-state index contributed by atoms with van der Waals surface area (Å²) < 4.78 is 5.74. The van der Waals surface area contributed by atoms with Gasteiger partial charge < -0.3 is 9.84 Å². The highest BCUT2D eigenvalue weighted by atomic mass is 32.1. The molecule has 2 rings (SSSR count). The van der Waals surface area contributed by atoms with Gasteiger partial charge in [-0.3, -0.25) is 0 Å². The third kappa shape index (κ3) is 3.36. The second-order valence-electron chi connectivity index (χ2n) is 6.54. The molecule has 0 bridgehead atoms. The van der Waals surface area contributed by atoms with Crippen molar-refractivity contribution < 1.29 is 9.84 Å². The van der Waals surface area contributed by atoms with Crippen molar-refractivity contribution in [3.63, 3.8) is 0 Å². The highest BCUT2D eigenvalue weighted by Gasteiger charge is 2.43. The molecule has 1 aliphatic carbocycles. The third-order valence-corrected chi connectivity index (χ3v) is 5.49. The molecule has 1 fully saturated rings. The highest BCUT2D eigenvalue weighted by molar-refractivity contribution is 7.09. The maximum atomic E-state index is 10.6. The largest absolute Gasteiger partial charge is 0.390 e. The predicted molar refractivity (Wildman–Crippen MR) is 78.6 cm³/mol. The van der Waals surface area contributed by atoms with Gasteiger partial charge in [0.05, 0.1) is 16.7 Å². The van der Waals surface area contributed by atoms with Gasteiger partial charge in [0.1, 0.15) is 0 Å². The molecule has 1 aromatic heterocycles. The minimum absolute atomic E-state index is 0.375. The summed E-state index contributed by atoms with van der Waals surface area (Å²) in [6, 6.07) is 0. The average Bonchev–Trinajstić information content (AvgIpc) is 2.75. The van der Waals surface area contributed by atoms with Gasteiger partial charge >= 0.3 is 0 Å². The first-order chi connectivity index (χ1) is 8.87. The van der Waals surface area contributed by atoms with E-state index in [-0.39, 0.29) is 5.60 Å². The molecule has 0 spiro atoms. The number of thiazole rings is 1. The van der Waals surface area contributed by atoms with Crippen LogP contribution in [0.2, 0.25) is 0 Å². The van der Waals surface area contributed by atoms with E-state index in [1.807, 2.05) is 12.3 Å². The second-order valence-corrected chi connectivity index (χ2v) is 7.48. The lowest BCUT2D eigenvalue weighted by Gasteiger charge is -2.45. The van der Waals surface area contributed by atoms with Gasteiger partial charge in [-0.2, -0.15) is 0 Å². The summed E-state index contributed by atoms with van der Waals surface area (Å²) in [7, 11) is 1.73. The van der Waals surface area contributed by atoms with Crippen LogP contribution in [0, 0.1) is 12.3 Å². The van der Waals surface area contributed by atoms with Crippen LogP contribution in [-0.2, 0) is 11.2 Å². The summed E-state index contributed by atoms with van der Waals surface area (Å²) in [5.74, 6) is 0. The lowest BCUT2D eigenvalue weighted by molar-refractivity contribution is -0.135. The van der Waals surface area contributed by atoms with Crippen LogP contribution >= 0.6 is 11.3 Å². The van der Waals surface area contributed by atoms with Crippen molar-refractivity contribution in [1.29, 1.82) is 0 Å². The predicted octanol–water partition coefficient (Wildman–Crippen LogP) is 3.34. The molecule has 0 aliphatic heterocycles. The number of aromatic nitrogens is 1. The minimum Gasteiger partial charge on any atom is -0.390 e. The van der Waals surface area contributed by atoms with E-state index in [0.717, 1.165) is 36.4 Å². The summed E-state index contributed by atoms with van der Waals surface area (Å²) in [6.07, 6.45) is 4.22. The zero-order valence-corrected chi connectivity index (χ0v) is 13.2.